The Kier molecular flexibility index (Phi) is 6.02. The minimum Gasteiger partial charge on any atom is -0.394 e. The lowest BCUT2D eigenvalue weighted by atomic mass is 10.1. The van der Waals surface area contributed by atoms with E-state index in [9.17, 15) is 36.2 Å². The van der Waals surface area contributed by atoms with E-state index < -0.39 is 42.0 Å². The molecule has 0 bridgehead atoms. The smallest absolute Gasteiger partial charge is 0.394 e. The minimum absolute atomic E-state index is 0.0778. The molecule has 0 aliphatic carbocycles. The molecule has 1 heterocycles. The highest BCUT2D eigenvalue weighted by Crippen LogP contribution is 2.31. The van der Waals surface area contributed by atoms with E-state index in [2.05, 4.69) is 15.5 Å². The van der Waals surface area contributed by atoms with Crippen LogP contribution in [0.2, 0.25) is 0 Å². The van der Waals surface area contributed by atoms with Crippen molar-refractivity contribution in [2.75, 3.05) is 6.61 Å². The molecule has 0 fully saturated rings. The van der Waals surface area contributed by atoms with Crippen LogP contribution in [0.25, 0.3) is 11.4 Å². The average molecular weight is 445 g/mol. The number of nitrogens with zero attached hydrogens (tertiary/aromatic N) is 2. The molecule has 1 unspecified atom stereocenters. The summed E-state index contributed by atoms with van der Waals surface area (Å²) in [6, 6.07) is 6.14. The molecule has 12 heteroatoms. The van der Waals surface area contributed by atoms with Crippen molar-refractivity contribution in [3.63, 3.8) is 0 Å². The highest BCUT2D eigenvalue weighted by atomic mass is 19.4. The maximum atomic E-state index is 12.6. The molecule has 1 amide bonds. The Morgan fingerprint density at radius 1 is 0.935 bits per heavy atom. The van der Waals surface area contributed by atoms with Crippen molar-refractivity contribution < 1.29 is 40.8 Å². The van der Waals surface area contributed by atoms with Crippen LogP contribution >= 0.6 is 0 Å². The highest BCUT2D eigenvalue weighted by molar-refractivity contribution is 5.94. The summed E-state index contributed by atoms with van der Waals surface area (Å²) in [5.41, 5.74) is -1.69. The van der Waals surface area contributed by atoms with Crippen LogP contribution in [0.1, 0.15) is 33.4 Å². The fourth-order valence-electron chi connectivity index (χ4n) is 2.54. The summed E-state index contributed by atoms with van der Waals surface area (Å²) in [6.45, 7) is -0.680. The Labute approximate surface area is 170 Å². The topological polar surface area (TPSA) is 88.2 Å². The second-order valence-corrected chi connectivity index (χ2v) is 6.32. The number of benzene rings is 2. The van der Waals surface area contributed by atoms with Gasteiger partial charge in [-0.05, 0) is 36.4 Å². The molecular weight excluding hydrogens is 432 g/mol. The molecule has 3 aromatic rings. The average Bonchev–Trinajstić information content (AvgIpc) is 3.21. The SMILES string of the molecule is O=C(NC(CO)c1nc(-c2ccc(C(F)(F)F)cc2)no1)c1ccc(C(F)(F)F)cc1. The first-order valence-corrected chi connectivity index (χ1v) is 8.59. The summed E-state index contributed by atoms with van der Waals surface area (Å²) in [5.74, 6) is -1.12. The number of carbonyl (C=O) groups is 1. The number of halogens is 6. The van der Waals surface area contributed by atoms with E-state index in [1.807, 2.05) is 0 Å². The lowest BCUT2D eigenvalue weighted by Crippen LogP contribution is -2.31. The maximum absolute atomic E-state index is 12.6. The van der Waals surface area contributed by atoms with Crippen LogP contribution in [-0.4, -0.2) is 27.8 Å². The second kappa shape index (κ2) is 8.38. The van der Waals surface area contributed by atoms with Crippen LogP contribution in [0.4, 0.5) is 26.3 Å². The molecule has 6 nitrogen and oxygen atoms in total. The summed E-state index contributed by atoms with van der Waals surface area (Å²) < 4.78 is 80.7. The minimum atomic E-state index is -4.55. The van der Waals surface area contributed by atoms with Gasteiger partial charge in [0.15, 0.2) is 0 Å². The van der Waals surface area contributed by atoms with Crippen molar-refractivity contribution in [2.24, 2.45) is 0 Å². The van der Waals surface area contributed by atoms with Crippen LogP contribution in [-0.2, 0) is 12.4 Å². The highest BCUT2D eigenvalue weighted by Gasteiger charge is 2.31. The summed E-state index contributed by atoms with van der Waals surface area (Å²) in [4.78, 5) is 16.2. The van der Waals surface area contributed by atoms with Gasteiger partial charge in [0.25, 0.3) is 11.8 Å². The monoisotopic (exact) mass is 445 g/mol. The molecule has 3 rings (SSSR count). The van der Waals surface area contributed by atoms with E-state index in [-0.39, 0.29) is 22.8 Å². The molecule has 0 radical (unpaired) electrons. The van der Waals surface area contributed by atoms with Crippen LogP contribution in [0.5, 0.6) is 0 Å². The quantitative estimate of drug-likeness (QED) is 0.574. The zero-order valence-electron chi connectivity index (χ0n) is 15.3. The number of hydrogen-bond acceptors (Lipinski definition) is 5. The fourth-order valence-corrected chi connectivity index (χ4v) is 2.54. The van der Waals surface area contributed by atoms with E-state index in [4.69, 9.17) is 4.52 Å². The summed E-state index contributed by atoms with van der Waals surface area (Å²) >= 11 is 0. The molecule has 0 aliphatic rings. The zero-order valence-corrected chi connectivity index (χ0v) is 15.3. The first kappa shape index (κ1) is 22.3. The van der Waals surface area contributed by atoms with Crippen molar-refractivity contribution in [2.45, 2.75) is 18.4 Å². The van der Waals surface area contributed by atoms with Crippen molar-refractivity contribution in [1.29, 1.82) is 0 Å². The van der Waals surface area contributed by atoms with Gasteiger partial charge in [-0.2, -0.15) is 31.3 Å². The van der Waals surface area contributed by atoms with Gasteiger partial charge >= 0.3 is 12.4 Å². The summed E-state index contributed by atoms with van der Waals surface area (Å²) in [7, 11) is 0. The Morgan fingerprint density at radius 2 is 1.45 bits per heavy atom. The van der Waals surface area contributed by atoms with Gasteiger partial charge in [0.2, 0.25) is 5.82 Å². The van der Waals surface area contributed by atoms with Gasteiger partial charge in [0.05, 0.1) is 17.7 Å². The first-order chi connectivity index (χ1) is 14.5. The van der Waals surface area contributed by atoms with Crippen LogP contribution in [0, 0.1) is 0 Å². The van der Waals surface area contributed by atoms with Gasteiger partial charge in [-0.15, -0.1) is 0 Å². The number of nitrogens with one attached hydrogen (secondary N) is 1. The lowest BCUT2D eigenvalue weighted by molar-refractivity contribution is -0.138. The largest absolute Gasteiger partial charge is 0.416 e. The van der Waals surface area contributed by atoms with Crippen LogP contribution < -0.4 is 5.32 Å². The zero-order chi connectivity index (χ0) is 22.8. The number of aliphatic hydroxyl groups excluding tert-OH is 1. The first-order valence-electron chi connectivity index (χ1n) is 8.59. The maximum Gasteiger partial charge on any atom is 0.416 e. The third kappa shape index (κ3) is 5.20. The Morgan fingerprint density at radius 3 is 1.94 bits per heavy atom. The van der Waals surface area contributed by atoms with Gasteiger partial charge in [0, 0.05) is 11.1 Å². The molecule has 1 atom stereocenters. The number of alkyl halides is 6. The number of aromatic nitrogens is 2. The van der Waals surface area contributed by atoms with E-state index in [1.165, 1.54) is 0 Å². The number of aliphatic hydroxyl groups is 1. The van der Waals surface area contributed by atoms with E-state index in [0.717, 1.165) is 48.5 Å². The van der Waals surface area contributed by atoms with Crippen molar-refractivity contribution >= 4 is 5.91 Å². The van der Waals surface area contributed by atoms with Crippen LogP contribution in [0.15, 0.2) is 53.1 Å². The lowest BCUT2D eigenvalue weighted by Gasteiger charge is -2.13. The Bertz CT molecular complexity index is 1040. The molecule has 164 valence electrons. The normalized spacial score (nSPS) is 13.1. The summed E-state index contributed by atoms with van der Waals surface area (Å²) in [5, 5.41) is 15.5. The standard InChI is InChI=1S/C19H13F6N3O3/c20-18(21,22)12-5-1-10(2-6-12)15-27-17(31-28-15)14(9-29)26-16(30)11-3-7-13(8-4-11)19(23,24)25/h1-8,14,29H,9H2,(H,26,30). The van der Waals surface area contributed by atoms with E-state index in [1.54, 1.807) is 0 Å². The predicted octanol–water partition coefficient (Wildman–Crippen LogP) is 4.24. The number of hydrogen-bond donors (Lipinski definition) is 2. The van der Waals surface area contributed by atoms with E-state index in [0.29, 0.717) is 0 Å². The molecule has 2 N–H and O–H groups in total. The molecule has 1 aromatic heterocycles. The van der Waals surface area contributed by atoms with Gasteiger partial charge in [0.1, 0.15) is 6.04 Å². The molecule has 2 aromatic carbocycles. The summed E-state index contributed by atoms with van der Waals surface area (Å²) in [6.07, 6.45) is -9.06. The van der Waals surface area contributed by atoms with E-state index >= 15 is 0 Å². The van der Waals surface area contributed by atoms with Crippen molar-refractivity contribution in [3.8, 4) is 11.4 Å². The Hall–Kier alpha value is -3.41. The van der Waals surface area contributed by atoms with Crippen molar-refractivity contribution in [1.82, 2.24) is 15.5 Å². The third-order valence-corrected chi connectivity index (χ3v) is 4.17. The predicted molar refractivity (Wildman–Crippen MR) is 93.5 cm³/mol. The number of carbonyl (C=O) groups excluding carboxylic acids is 1. The molecular formula is C19H13F6N3O3. The molecule has 0 aliphatic heterocycles. The van der Waals surface area contributed by atoms with Gasteiger partial charge in [-0.1, -0.05) is 17.3 Å². The molecule has 0 saturated heterocycles. The van der Waals surface area contributed by atoms with Crippen LogP contribution in [0.3, 0.4) is 0 Å². The fraction of sp³-hybridized carbons (Fsp3) is 0.211. The molecule has 0 saturated carbocycles. The second-order valence-electron chi connectivity index (χ2n) is 6.32. The Balaban J connectivity index is 1.73. The van der Waals surface area contributed by atoms with Crippen molar-refractivity contribution in [3.05, 3.63) is 71.1 Å². The van der Waals surface area contributed by atoms with Gasteiger partial charge in [-0.3, -0.25) is 4.79 Å². The third-order valence-electron chi connectivity index (χ3n) is 4.17. The van der Waals surface area contributed by atoms with Gasteiger partial charge < -0.3 is 14.9 Å². The number of rotatable bonds is 5. The number of amides is 1. The molecule has 0 spiro atoms. The van der Waals surface area contributed by atoms with Gasteiger partial charge in [-0.25, -0.2) is 0 Å². The molecule has 31 heavy (non-hydrogen) atoms.